The van der Waals surface area contributed by atoms with Crippen molar-refractivity contribution in [1.29, 1.82) is 0 Å². The molecular formula is C90H166N24O8. The molecule has 32 nitrogen and oxygen atoms in total. The third kappa shape index (κ3) is 28.2. The first kappa shape index (κ1) is 95.1. The number of nitrogens with one attached hydrogen (secondary N) is 14. The normalized spacial score (nSPS) is 28.4. The van der Waals surface area contributed by atoms with Crippen LogP contribution in [0.3, 0.4) is 0 Å². The molecule has 0 unspecified atom stereocenters. The van der Waals surface area contributed by atoms with E-state index in [1.165, 1.54) is 10.6 Å². The fraction of sp³-hybridized carbons (Fsp3) is 0.867. The quantitative estimate of drug-likeness (QED) is 0.0404. The summed E-state index contributed by atoms with van der Waals surface area (Å²) >= 11 is 0. The molecule has 0 spiro atoms. The van der Waals surface area contributed by atoms with Crippen LogP contribution in [0.2, 0.25) is 0 Å². The Morgan fingerprint density at radius 2 is 0.426 bits per heavy atom. The van der Waals surface area contributed by atoms with Gasteiger partial charge >= 0.3 is 0 Å². The van der Waals surface area contributed by atoms with Gasteiger partial charge in [-0.1, -0.05) is 41.5 Å². The van der Waals surface area contributed by atoms with Gasteiger partial charge in [0.1, 0.15) is 47.7 Å². The molecule has 0 radical (unpaired) electrons. The number of hydrogen-bond acceptors (Lipinski definition) is 32. The number of nitrogens with zero attached hydrogens (tertiary/aromatic N) is 10. The summed E-state index contributed by atoms with van der Waals surface area (Å²) < 4.78 is 28.6. The van der Waals surface area contributed by atoms with Crippen molar-refractivity contribution >= 4 is 23.6 Å². The van der Waals surface area contributed by atoms with Gasteiger partial charge in [0.15, 0.2) is 0 Å². The van der Waals surface area contributed by atoms with E-state index >= 15 is 0 Å². The zero-order chi connectivity index (χ0) is 89.5. The molecule has 0 aromatic rings. The van der Waals surface area contributed by atoms with E-state index in [-0.39, 0.29) is 137 Å². The predicted octanol–water partition coefficient (Wildman–Crippen LogP) is 10.9. The first-order valence-corrected chi connectivity index (χ1v) is 45.9. The van der Waals surface area contributed by atoms with Crippen molar-refractivity contribution in [2.45, 2.75) is 462 Å². The van der Waals surface area contributed by atoms with Gasteiger partial charge in [-0.05, 0) is 273 Å². The monoisotopic (exact) mass is 1710 g/mol. The standard InChI is InChI=1S/C90H166N24O8/c1-75(2)43-59(44-76(3,4)101-75)115-71-39-67(93-111(97-71)119-63-51-83(17,18)105-84(19,20)52-63)91-33-35-109(69-41-73(117-61-47-79(9,10)103-80(11,12)48-61)99-113(95-69)121-65-55-87(25,26)107-88(27,28)56-65)37-38-110(70-42-74(118-62-49-81(13,14)104-82(15,16)50-62)100-114(96-70)122-66-57-89(29,30)108-90(31,32)58-66)36-34-92-68-40-72(116-60-45-77(5,6)102-78(7,8)46-60)98-112(94-68)120-64-53-85(21,22)106-86(23,24)54-64/h39-42,59-66,91-96,101-108H,33-38,43-58H2,1-32H3. The summed E-state index contributed by atoms with van der Waals surface area (Å²) in [6.45, 7) is 74.4. The average Bonchev–Trinajstić information content (AvgIpc) is 0.797. The zero-order valence-corrected chi connectivity index (χ0v) is 81.2. The Labute approximate surface area is 733 Å². The van der Waals surface area contributed by atoms with E-state index in [1.54, 1.807) is 10.6 Å². The lowest BCUT2D eigenvalue weighted by Crippen LogP contribution is -2.61. The summed E-state index contributed by atoms with van der Waals surface area (Å²) in [5.41, 5.74) is 11.4. The van der Waals surface area contributed by atoms with E-state index in [4.69, 9.17) is 58.7 Å². The molecule has 32 heteroatoms. The Bertz CT molecular complexity index is 3550. The van der Waals surface area contributed by atoms with E-state index in [9.17, 15) is 0 Å². The van der Waals surface area contributed by atoms with Crippen LogP contribution in [0.4, 0.5) is 0 Å². The topological polar surface area (TPSA) is 311 Å². The number of hydrazone groups is 4. The highest BCUT2D eigenvalue weighted by molar-refractivity contribution is 5.90. The van der Waals surface area contributed by atoms with Crippen LogP contribution >= 0.6 is 0 Å². The molecule has 12 aliphatic rings. The number of hydrazine groups is 4. The fourth-order valence-corrected chi connectivity index (χ4v) is 23.8. The first-order valence-electron chi connectivity index (χ1n) is 45.9. The summed E-state index contributed by atoms with van der Waals surface area (Å²) in [7, 11) is 0. The maximum Gasteiger partial charge on any atom is 0.239 e. The van der Waals surface area contributed by atoms with Gasteiger partial charge in [0.05, 0.1) is 24.4 Å². The van der Waals surface area contributed by atoms with Crippen molar-refractivity contribution < 1.29 is 38.3 Å². The van der Waals surface area contributed by atoms with E-state index in [2.05, 4.69) is 306 Å². The largest absolute Gasteiger partial charge is 0.473 e. The number of piperidine rings is 8. The lowest BCUT2D eigenvalue weighted by Gasteiger charge is -2.47. The summed E-state index contributed by atoms with van der Waals surface area (Å²) in [4.78, 5) is 32.9. The Kier molecular flexibility index (Phi) is 26.9. The summed E-state index contributed by atoms with van der Waals surface area (Å²) in [5, 5.41) is 65.3. The highest BCUT2D eigenvalue weighted by Crippen LogP contribution is 2.40. The van der Waals surface area contributed by atoms with Crippen molar-refractivity contribution in [2.75, 3.05) is 39.3 Å². The van der Waals surface area contributed by atoms with Crippen molar-refractivity contribution in [1.82, 2.24) is 106 Å². The first-order chi connectivity index (χ1) is 55.8. The van der Waals surface area contributed by atoms with E-state index in [0.717, 1.165) is 114 Å². The molecular weight excluding hydrogens is 1550 g/mol. The van der Waals surface area contributed by atoms with Crippen LogP contribution in [-0.4, -0.2) is 231 Å². The van der Waals surface area contributed by atoms with Gasteiger partial charge in [-0.25, -0.2) is 41.1 Å². The second kappa shape index (κ2) is 34.5. The summed E-state index contributed by atoms with van der Waals surface area (Å²) in [6, 6.07) is 0. The van der Waals surface area contributed by atoms with Crippen LogP contribution < -0.4 is 74.9 Å². The van der Waals surface area contributed by atoms with Crippen molar-refractivity contribution in [3.05, 3.63) is 47.6 Å². The van der Waals surface area contributed by atoms with Gasteiger partial charge in [-0.2, -0.15) is 0 Å². The highest BCUT2D eigenvalue weighted by atomic mass is 16.8. The molecule has 12 rings (SSSR count). The number of rotatable bonds is 25. The van der Waals surface area contributed by atoms with Gasteiger partial charge in [-0.3, -0.25) is 0 Å². The molecule has 8 saturated heterocycles. The van der Waals surface area contributed by atoms with Gasteiger partial charge in [0.2, 0.25) is 23.6 Å². The molecule has 122 heavy (non-hydrogen) atoms. The molecule has 694 valence electrons. The maximum absolute atomic E-state index is 7.26. The molecule has 0 atom stereocenters. The SMILES string of the molecule is CC1(C)CC(OC2=NN(OC3CC(C)(C)NC(C)(C)C3)NC(NCCN(CCN(CCNC3=CC(OC4CC(C)(C)NC(C)(C)C4)=NN(OC4CC(C)(C)NC(C)(C)C4)N3)C3=CC(OC4CC(C)(C)NC(C)(C)C4)=NN(OC4CC(C)(C)NC(C)(C)C4)N3)C3=CC(OC4CC(C)(C)NC(C)(C)C4)=NN(OC4CC(C)(C)NC(C)(C)C4)N3)=C2)CC(C)(C)N1. The van der Waals surface area contributed by atoms with Crippen LogP contribution in [0.1, 0.15) is 324 Å². The molecule has 12 heterocycles. The Hall–Kier alpha value is -6.04. The van der Waals surface area contributed by atoms with E-state index in [1.807, 2.05) is 24.3 Å². The highest BCUT2D eigenvalue weighted by Gasteiger charge is 2.49. The lowest BCUT2D eigenvalue weighted by molar-refractivity contribution is -0.246. The minimum atomic E-state index is -0.227. The Morgan fingerprint density at radius 3 is 0.623 bits per heavy atom. The molecule has 12 aliphatic heterocycles. The average molecular weight is 1710 g/mol. The third-order valence-electron chi connectivity index (χ3n) is 24.7. The second-order valence-electron chi connectivity index (χ2n) is 48.6. The maximum atomic E-state index is 7.26. The molecule has 14 N–H and O–H groups in total. The van der Waals surface area contributed by atoms with E-state index in [0.29, 0.717) is 74.5 Å². The summed E-state index contributed by atoms with van der Waals surface area (Å²) in [6.07, 6.45) is 18.9. The van der Waals surface area contributed by atoms with Crippen molar-refractivity contribution in [3.63, 3.8) is 0 Å². The molecule has 0 aromatic carbocycles. The van der Waals surface area contributed by atoms with Gasteiger partial charge < -0.3 is 81.9 Å². The van der Waals surface area contributed by atoms with Crippen LogP contribution in [0.15, 0.2) is 68.0 Å². The van der Waals surface area contributed by atoms with Crippen LogP contribution in [-0.2, 0) is 38.3 Å². The zero-order valence-electron chi connectivity index (χ0n) is 81.2. The van der Waals surface area contributed by atoms with Crippen LogP contribution in [0.25, 0.3) is 0 Å². The minimum Gasteiger partial charge on any atom is -0.473 e. The second-order valence-corrected chi connectivity index (χ2v) is 48.6. The smallest absolute Gasteiger partial charge is 0.239 e. The molecule has 0 aromatic heterocycles. The number of ether oxygens (including phenoxy) is 4. The molecule has 0 amide bonds. The molecule has 0 saturated carbocycles. The van der Waals surface area contributed by atoms with Crippen molar-refractivity contribution in [2.24, 2.45) is 20.4 Å². The molecule has 0 bridgehead atoms. The predicted molar refractivity (Wildman–Crippen MR) is 484 cm³/mol. The van der Waals surface area contributed by atoms with Crippen LogP contribution in [0.5, 0.6) is 0 Å². The third-order valence-corrected chi connectivity index (χ3v) is 24.7. The van der Waals surface area contributed by atoms with Gasteiger partial charge in [0, 0.05) is 204 Å². The minimum absolute atomic E-state index is 0.122. The fourth-order valence-electron chi connectivity index (χ4n) is 23.8. The van der Waals surface area contributed by atoms with Gasteiger partial charge in [0.25, 0.3) is 0 Å². The Morgan fingerprint density at radius 1 is 0.254 bits per heavy atom. The summed E-state index contributed by atoms with van der Waals surface area (Å²) in [5.74, 6) is 4.56. The molecule has 0 aliphatic carbocycles. The lowest BCUT2D eigenvalue weighted by atomic mass is 9.81. The van der Waals surface area contributed by atoms with E-state index < -0.39 is 0 Å². The molecule has 8 fully saturated rings. The Balaban J connectivity index is 0.923. The van der Waals surface area contributed by atoms with Gasteiger partial charge in [-0.15, -0.1) is 0 Å². The van der Waals surface area contributed by atoms with Crippen molar-refractivity contribution in [3.8, 4) is 0 Å². The number of hydrogen-bond donors (Lipinski definition) is 14. The van der Waals surface area contributed by atoms with Crippen LogP contribution in [0, 0.1) is 0 Å².